The lowest BCUT2D eigenvalue weighted by Crippen LogP contribution is -2.36. The van der Waals surface area contributed by atoms with E-state index in [-0.39, 0.29) is 35.4 Å². The highest BCUT2D eigenvalue weighted by atomic mass is 35.5. The van der Waals surface area contributed by atoms with E-state index in [1.807, 2.05) is 6.07 Å². The van der Waals surface area contributed by atoms with Crippen LogP contribution in [0.15, 0.2) is 30.6 Å². The Morgan fingerprint density at radius 3 is 2.54 bits per heavy atom. The fourth-order valence-electron chi connectivity index (χ4n) is 4.68. The molecular formula is C25H31ClN8O3. The molecule has 2 aliphatic carbocycles. The average molecular weight is 527 g/mol. The summed E-state index contributed by atoms with van der Waals surface area (Å²) < 4.78 is 1.56. The summed E-state index contributed by atoms with van der Waals surface area (Å²) in [7, 11) is 0. The zero-order chi connectivity index (χ0) is 25.9. The minimum Gasteiger partial charge on any atom is -0.394 e. The van der Waals surface area contributed by atoms with Crippen LogP contribution in [0, 0.1) is 5.92 Å². The number of carbonyl (C=O) groups is 2. The van der Waals surface area contributed by atoms with Gasteiger partial charge in [0.05, 0.1) is 24.5 Å². The van der Waals surface area contributed by atoms with Crippen LogP contribution in [-0.4, -0.2) is 61.1 Å². The molecule has 3 aromatic heterocycles. The second-order valence-electron chi connectivity index (χ2n) is 9.88. The first-order valence-corrected chi connectivity index (χ1v) is 13.0. The second-order valence-corrected chi connectivity index (χ2v) is 10.3. The van der Waals surface area contributed by atoms with Crippen molar-refractivity contribution in [3.8, 4) is 0 Å². The van der Waals surface area contributed by atoms with Gasteiger partial charge >= 0.3 is 0 Å². The van der Waals surface area contributed by atoms with Gasteiger partial charge in [0.15, 0.2) is 17.1 Å². The SMILES string of the molecule is N[C@@H](CO)C(=O)CC1CCC(Nc2cc(NC3CC3)c3ncc(C(=O)Nc4ccnc(Cl)c4)n3n2)CC1. The molecule has 0 unspecified atom stereocenters. The summed E-state index contributed by atoms with van der Waals surface area (Å²) in [6.45, 7) is -0.314. The molecule has 37 heavy (non-hydrogen) atoms. The molecule has 1 atom stereocenters. The Bertz CT molecular complexity index is 1290. The number of nitrogens with zero attached hydrogens (tertiary/aromatic N) is 4. The summed E-state index contributed by atoms with van der Waals surface area (Å²) in [6.07, 6.45) is 9.19. The molecule has 5 rings (SSSR count). The van der Waals surface area contributed by atoms with Crippen LogP contribution in [0.3, 0.4) is 0 Å². The number of amides is 1. The van der Waals surface area contributed by atoms with Crippen LogP contribution in [0.4, 0.5) is 17.2 Å². The third-order valence-electron chi connectivity index (χ3n) is 6.92. The first-order chi connectivity index (χ1) is 17.9. The minimum absolute atomic E-state index is 0.0817. The number of Topliss-reactive ketones (excluding diaryl/α,β-unsaturated/α-hetero) is 1. The quantitative estimate of drug-likeness (QED) is 0.250. The molecule has 0 aliphatic heterocycles. The molecule has 196 valence electrons. The predicted molar refractivity (Wildman–Crippen MR) is 141 cm³/mol. The number of imidazole rings is 1. The van der Waals surface area contributed by atoms with Crippen molar-refractivity contribution in [2.45, 2.75) is 63.1 Å². The van der Waals surface area contributed by atoms with E-state index in [2.05, 4.69) is 25.9 Å². The second kappa shape index (κ2) is 11.0. The Labute approximate surface area is 219 Å². The van der Waals surface area contributed by atoms with Crippen LogP contribution in [0.5, 0.6) is 0 Å². The molecular weight excluding hydrogens is 496 g/mol. The number of halogens is 1. The number of ketones is 1. The number of nitrogens with two attached hydrogens (primary N) is 1. The van der Waals surface area contributed by atoms with Gasteiger partial charge in [0, 0.05) is 36.5 Å². The molecule has 12 heteroatoms. The highest BCUT2D eigenvalue weighted by molar-refractivity contribution is 6.29. The van der Waals surface area contributed by atoms with Crippen molar-refractivity contribution >= 4 is 46.1 Å². The highest BCUT2D eigenvalue weighted by Gasteiger charge is 2.27. The smallest absolute Gasteiger partial charge is 0.276 e. The molecule has 0 radical (unpaired) electrons. The predicted octanol–water partition coefficient (Wildman–Crippen LogP) is 2.85. The van der Waals surface area contributed by atoms with Gasteiger partial charge in [-0.05, 0) is 56.6 Å². The number of aromatic nitrogens is 4. The summed E-state index contributed by atoms with van der Waals surface area (Å²) >= 11 is 5.95. The van der Waals surface area contributed by atoms with Gasteiger partial charge in [-0.25, -0.2) is 14.5 Å². The normalized spacial score (nSPS) is 20.4. The standard InChI is InChI=1S/C25H31ClN8O3/c26-22-10-17(7-8-28-22)32-25(37)20-12-29-24-19(30-15-5-6-15)11-23(33-34(20)24)31-16-3-1-14(2-4-16)9-21(36)18(27)13-35/h7-8,10-12,14-16,18,30,35H,1-6,9,13,27H2,(H,31,33)(H,28,32,37)/t14?,16?,18-/m0/s1. The van der Waals surface area contributed by atoms with Crippen LogP contribution < -0.4 is 21.7 Å². The van der Waals surface area contributed by atoms with Crippen LogP contribution in [0.2, 0.25) is 5.15 Å². The van der Waals surface area contributed by atoms with Crippen molar-refractivity contribution in [3.05, 3.63) is 41.4 Å². The molecule has 0 aromatic carbocycles. The average Bonchev–Trinajstić information content (AvgIpc) is 3.59. The third kappa shape index (κ3) is 6.17. The van der Waals surface area contributed by atoms with Crippen molar-refractivity contribution in [3.63, 3.8) is 0 Å². The van der Waals surface area contributed by atoms with Gasteiger partial charge in [0.1, 0.15) is 11.0 Å². The maximum atomic E-state index is 13.1. The molecule has 0 saturated heterocycles. The van der Waals surface area contributed by atoms with E-state index in [0.717, 1.165) is 44.2 Å². The first-order valence-electron chi connectivity index (χ1n) is 12.6. The van der Waals surface area contributed by atoms with E-state index in [1.165, 1.54) is 12.4 Å². The van der Waals surface area contributed by atoms with Gasteiger partial charge < -0.3 is 26.8 Å². The summed E-state index contributed by atoms with van der Waals surface area (Å²) in [5.74, 6) is 0.484. The molecule has 3 heterocycles. The van der Waals surface area contributed by atoms with Crippen LogP contribution >= 0.6 is 11.6 Å². The Kier molecular flexibility index (Phi) is 7.54. The van der Waals surface area contributed by atoms with Gasteiger partial charge in [0.2, 0.25) is 0 Å². The Morgan fingerprint density at radius 2 is 1.84 bits per heavy atom. The van der Waals surface area contributed by atoms with E-state index in [1.54, 1.807) is 16.6 Å². The minimum atomic E-state index is -0.790. The Morgan fingerprint density at radius 1 is 1.11 bits per heavy atom. The van der Waals surface area contributed by atoms with Gasteiger partial charge in [-0.1, -0.05) is 11.6 Å². The first kappa shape index (κ1) is 25.4. The monoisotopic (exact) mass is 526 g/mol. The van der Waals surface area contributed by atoms with Gasteiger partial charge in [-0.15, -0.1) is 5.10 Å². The number of aliphatic hydroxyl groups excluding tert-OH is 1. The van der Waals surface area contributed by atoms with Crippen LogP contribution in [0.25, 0.3) is 5.65 Å². The lowest BCUT2D eigenvalue weighted by atomic mass is 9.82. The molecule has 0 bridgehead atoms. The van der Waals surface area contributed by atoms with E-state index in [0.29, 0.717) is 35.3 Å². The van der Waals surface area contributed by atoms with Crippen LogP contribution in [0.1, 0.15) is 55.4 Å². The van der Waals surface area contributed by atoms with E-state index >= 15 is 0 Å². The summed E-state index contributed by atoms with van der Waals surface area (Å²) in [6, 6.07) is 4.98. The number of rotatable bonds is 10. The number of pyridine rings is 1. The summed E-state index contributed by atoms with van der Waals surface area (Å²) in [5, 5.41) is 23.9. The van der Waals surface area contributed by atoms with E-state index in [4.69, 9.17) is 27.5 Å². The number of hydrogen-bond donors (Lipinski definition) is 5. The lowest BCUT2D eigenvalue weighted by Gasteiger charge is -2.29. The lowest BCUT2D eigenvalue weighted by molar-refractivity contribution is -0.122. The van der Waals surface area contributed by atoms with Crippen LogP contribution in [-0.2, 0) is 4.79 Å². The molecule has 2 saturated carbocycles. The van der Waals surface area contributed by atoms with Gasteiger partial charge in [-0.3, -0.25) is 9.59 Å². The van der Waals surface area contributed by atoms with E-state index in [9.17, 15) is 9.59 Å². The number of anilines is 3. The number of hydrogen-bond acceptors (Lipinski definition) is 9. The zero-order valence-corrected chi connectivity index (χ0v) is 21.1. The molecule has 2 aliphatic rings. The molecule has 0 spiro atoms. The van der Waals surface area contributed by atoms with Crippen molar-refractivity contribution in [1.82, 2.24) is 19.6 Å². The third-order valence-corrected chi connectivity index (χ3v) is 7.13. The largest absolute Gasteiger partial charge is 0.394 e. The number of aliphatic hydroxyl groups is 1. The summed E-state index contributed by atoms with van der Waals surface area (Å²) in [5.41, 5.74) is 7.90. The summed E-state index contributed by atoms with van der Waals surface area (Å²) in [4.78, 5) is 33.6. The molecule has 6 N–H and O–H groups in total. The van der Waals surface area contributed by atoms with Gasteiger partial charge in [0.25, 0.3) is 5.91 Å². The molecule has 1 amide bonds. The van der Waals surface area contributed by atoms with Crippen molar-refractivity contribution in [1.29, 1.82) is 0 Å². The van der Waals surface area contributed by atoms with Gasteiger partial charge in [-0.2, -0.15) is 0 Å². The fraction of sp³-hybridized carbons (Fsp3) is 0.480. The molecule has 3 aromatic rings. The van der Waals surface area contributed by atoms with Crippen molar-refractivity contribution < 1.29 is 14.7 Å². The topological polar surface area (TPSA) is 160 Å². The highest BCUT2D eigenvalue weighted by Crippen LogP contribution is 2.32. The van der Waals surface area contributed by atoms with Crippen molar-refractivity contribution in [2.24, 2.45) is 11.7 Å². The number of carbonyl (C=O) groups excluding carboxylic acids is 2. The van der Waals surface area contributed by atoms with E-state index < -0.39 is 6.04 Å². The fourth-order valence-corrected chi connectivity index (χ4v) is 4.85. The zero-order valence-electron chi connectivity index (χ0n) is 20.4. The Balaban J connectivity index is 1.31. The number of fused-ring (bicyclic) bond motifs is 1. The van der Waals surface area contributed by atoms with Crippen molar-refractivity contribution in [2.75, 3.05) is 22.6 Å². The maximum Gasteiger partial charge on any atom is 0.276 e. The maximum absolute atomic E-state index is 13.1. The number of nitrogens with one attached hydrogen (secondary N) is 3. The Hall–Kier alpha value is -3.28. The molecule has 11 nitrogen and oxygen atoms in total. The molecule has 2 fully saturated rings.